The largest absolute Gasteiger partial charge is 0.468 e. The molecule has 0 amide bonds. The molecule has 0 radical (unpaired) electrons. The normalized spacial score (nSPS) is 13.6. The number of rotatable bonds is 6. The molecule has 17 heavy (non-hydrogen) atoms. The van der Waals surface area contributed by atoms with Crippen LogP contribution < -0.4 is 0 Å². The van der Waals surface area contributed by atoms with E-state index in [1.165, 1.54) is 14.0 Å². The molecule has 5 nitrogen and oxygen atoms in total. The molecule has 0 saturated carbocycles. The minimum Gasteiger partial charge on any atom is -0.468 e. The van der Waals surface area contributed by atoms with Crippen LogP contribution in [0.15, 0.2) is 0 Å². The summed E-state index contributed by atoms with van der Waals surface area (Å²) < 4.78 is 9.61. The van der Waals surface area contributed by atoms with Crippen LogP contribution in [0.1, 0.15) is 33.6 Å². The molecule has 0 bridgehead atoms. The Bertz CT molecular complexity index is 319. The maximum absolute atomic E-state index is 11.8. The first kappa shape index (κ1) is 15.4. The van der Waals surface area contributed by atoms with Gasteiger partial charge < -0.3 is 9.47 Å². The smallest absolute Gasteiger partial charge is 0.316 e. The summed E-state index contributed by atoms with van der Waals surface area (Å²) in [6.45, 7) is 5.02. The summed E-state index contributed by atoms with van der Waals surface area (Å²) in [6.07, 6.45) is 0.422. The molecular weight excluding hydrogens is 222 g/mol. The van der Waals surface area contributed by atoms with Crippen LogP contribution in [-0.4, -0.2) is 25.7 Å². The van der Waals surface area contributed by atoms with Gasteiger partial charge in [-0.05, 0) is 12.3 Å². The molecule has 0 saturated heterocycles. The summed E-state index contributed by atoms with van der Waals surface area (Å²) in [6, 6.07) is 1.96. The van der Waals surface area contributed by atoms with E-state index in [-0.39, 0.29) is 18.9 Å². The van der Waals surface area contributed by atoms with Crippen LogP contribution in [0.25, 0.3) is 0 Å². The predicted molar refractivity (Wildman–Crippen MR) is 60.8 cm³/mol. The molecule has 0 aliphatic carbocycles. The van der Waals surface area contributed by atoms with Crippen molar-refractivity contribution < 1.29 is 19.1 Å². The van der Waals surface area contributed by atoms with E-state index in [1.54, 1.807) is 0 Å². The van der Waals surface area contributed by atoms with Gasteiger partial charge in [-0.3, -0.25) is 9.59 Å². The monoisotopic (exact) mass is 241 g/mol. The van der Waals surface area contributed by atoms with Crippen LogP contribution in [0.4, 0.5) is 0 Å². The van der Waals surface area contributed by atoms with Gasteiger partial charge in [0.1, 0.15) is 12.0 Å². The number of carbonyl (C=O) groups is 2. The number of ether oxygens (including phenoxy) is 2. The van der Waals surface area contributed by atoms with Crippen molar-refractivity contribution in [2.24, 2.45) is 11.3 Å². The van der Waals surface area contributed by atoms with Gasteiger partial charge in [-0.2, -0.15) is 5.26 Å². The minimum absolute atomic E-state index is 0.0227. The quantitative estimate of drug-likeness (QED) is 0.661. The van der Waals surface area contributed by atoms with Crippen molar-refractivity contribution in [1.29, 1.82) is 5.26 Å². The molecule has 1 atom stereocenters. The Balaban J connectivity index is 5.02. The van der Waals surface area contributed by atoms with Gasteiger partial charge in [-0.1, -0.05) is 13.8 Å². The first-order valence-corrected chi connectivity index (χ1v) is 5.46. The number of hydrogen-bond acceptors (Lipinski definition) is 5. The Labute approximate surface area is 102 Å². The molecule has 5 heteroatoms. The summed E-state index contributed by atoms with van der Waals surface area (Å²) in [4.78, 5) is 22.6. The lowest BCUT2D eigenvalue weighted by Gasteiger charge is -2.29. The lowest BCUT2D eigenvalue weighted by atomic mass is 9.78. The standard InChI is InChI=1S/C12H19NO4/c1-9(2)7-12(5-6-13,11(15)16-4)8-17-10(3)14/h9H,5,7-8H2,1-4H3. The average Bonchev–Trinajstić information content (AvgIpc) is 2.24. The maximum atomic E-state index is 11.8. The van der Waals surface area contributed by atoms with Crippen molar-refractivity contribution in [2.75, 3.05) is 13.7 Å². The highest BCUT2D eigenvalue weighted by molar-refractivity contribution is 5.78. The molecular formula is C12H19NO4. The van der Waals surface area contributed by atoms with Gasteiger partial charge in [0.2, 0.25) is 0 Å². The van der Waals surface area contributed by atoms with Gasteiger partial charge in [-0.15, -0.1) is 0 Å². The Morgan fingerprint density at radius 2 is 2.00 bits per heavy atom. The molecule has 0 N–H and O–H groups in total. The number of nitriles is 1. The van der Waals surface area contributed by atoms with Crippen LogP contribution in [0.5, 0.6) is 0 Å². The van der Waals surface area contributed by atoms with Crippen LogP contribution in [-0.2, 0) is 19.1 Å². The van der Waals surface area contributed by atoms with Crippen molar-refractivity contribution in [2.45, 2.75) is 33.6 Å². The Kier molecular flexibility index (Phi) is 6.26. The number of methoxy groups -OCH3 is 1. The van der Waals surface area contributed by atoms with Crippen LogP contribution >= 0.6 is 0 Å². The highest BCUT2D eigenvalue weighted by atomic mass is 16.5. The number of carbonyl (C=O) groups excluding carboxylic acids is 2. The van der Waals surface area contributed by atoms with E-state index in [0.29, 0.717) is 6.42 Å². The van der Waals surface area contributed by atoms with Crippen molar-refractivity contribution in [3.8, 4) is 6.07 Å². The summed E-state index contributed by atoms with van der Waals surface area (Å²) in [5.41, 5.74) is -1.05. The van der Waals surface area contributed by atoms with Gasteiger partial charge in [-0.25, -0.2) is 0 Å². The molecule has 96 valence electrons. The summed E-state index contributed by atoms with van der Waals surface area (Å²) in [7, 11) is 1.27. The molecule has 0 aliphatic rings. The fraction of sp³-hybridized carbons (Fsp3) is 0.750. The van der Waals surface area contributed by atoms with Gasteiger partial charge in [0.05, 0.1) is 19.6 Å². The zero-order valence-electron chi connectivity index (χ0n) is 10.8. The third-order valence-corrected chi connectivity index (χ3v) is 2.39. The number of hydrogen-bond donors (Lipinski definition) is 0. The molecule has 0 fully saturated rings. The van der Waals surface area contributed by atoms with Crippen molar-refractivity contribution >= 4 is 11.9 Å². The molecule has 0 aromatic carbocycles. The average molecular weight is 241 g/mol. The lowest BCUT2D eigenvalue weighted by Crippen LogP contribution is -2.38. The van der Waals surface area contributed by atoms with Crippen LogP contribution in [0.2, 0.25) is 0 Å². The van der Waals surface area contributed by atoms with E-state index in [9.17, 15) is 9.59 Å². The van der Waals surface area contributed by atoms with E-state index in [2.05, 4.69) is 0 Å². The minimum atomic E-state index is -1.05. The fourth-order valence-corrected chi connectivity index (χ4v) is 1.79. The second-order valence-corrected chi connectivity index (χ2v) is 4.49. The first-order chi connectivity index (χ1) is 7.88. The Hall–Kier alpha value is -1.57. The fourth-order valence-electron chi connectivity index (χ4n) is 1.79. The number of nitrogens with zero attached hydrogens (tertiary/aromatic N) is 1. The third-order valence-electron chi connectivity index (χ3n) is 2.39. The van der Waals surface area contributed by atoms with Crippen molar-refractivity contribution in [1.82, 2.24) is 0 Å². The molecule has 0 rings (SSSR count). The third kappa shape index (κ3) is 4.85. The van der Waals surface area contributed by atoms with E-state index in [0.717, 1.165) is 0 Å². The summed E-state index contributed by atoms with van der Waals surface area (Å²) in [5, 5.41) is 8.83. The Morgan fingerprint density at radius 3 is 2.35 bits per heavy atom. The van der Waals surface area contributed by atoms with E-state index in [1.807, 2.05) is 19.9 Å². The maximum Gasteiger partial charge on any atom is 0.316 e. The van der Waals surface area contributed by atoms with E-state index >= 15 is 0 Å². The Morgan fingerprint density at radius 1 is 1.41 bits per heavy atom. The molecule has 0 aliphatic heterocycles. The zero-order valence-corrected chi connectivity index (χ0v) is 10.8. The molecule has 1 unspecified atom stereocenters. The lowest BCUT2D eigenvalue weighted by molar-refractivity contribution is -0.162. The van der Waals surface area contributed by atoms with Gasteiger partial charge in [0, 0.05) is 6.92 Å². The van der Waals surface area contributed by atoms with Crippen LogP contribution in [0, 0.1) is 22.7 Å². The second-order valence-electron chi connectivity index (χ2n) is 4.49. The first-order valence-electron chi connectivity index (χ1n) is 5.46. The van der Waals surface area contributed by atoms with Crippen LogP contribution in [0.3, 0.4) is 0 Å². The molecule has 0 spiro atoms. The summed E-state index contributed by atoms with van der Waals surface area (Å²) in [5.74, 6) is -0.785. The topological polar surface area (TPSA) is 76.4 Å². The SMILES string of the molecule is COC(=O)C(CC#N)(COC(C)=O)CC(C)C. The summed E-state index contributed by atoms with van der Waals surface area (Å²) >= 11 is 0. The van der Waals surface area contributed by atoms with E-state index < -0.39 is 17.4 Å². The predicted octanol–water partition coefficient (Wildman–Crippen LogP) is 1.67. The molecule has 0 aromatic heterocycles. The number of esters is 2. The molecule has 0 aromatic rings. The second kappa shape index (κ2) is 6.89. The van der Waals surface area contributed by atoms with Crippen molar-refractivity contribution in [3.63, 3.8) is 0 Å². The highest BCUT2D eigenvalue weighted by Gasteiger charge is 2.41. The van der Waals surface area contributed by atoms with Gasteiger partial charge >= 0.3 is 11.9 Å². The van der Waals surface area contributed by atoms with Gasteiger partial charge in [0.15, 0.2) is 0 Å². The molecule has 0 heterocycles. The van der Waals surface area contributed by atoms with Gasteiger partial charge in [0.25, 0.3) is 0 Å². The highest BCUT2D eigenvalue weighted by Crippen LogP contribution is 2.32. The van der Waals surface area contributed by atoms with E-state index in [4.69, 9.17) is 14.7 Å². The zero-order chi connectivity index (χ0) is 13.5. The van der Waals surface area contributed by atoms with Crippen molar-refractivity contribution in [3.05, 3.63) is 0 Å².